The molecule has 1 aliphatic heterocycles. The lowest BCUT2D eigenvalue weighted by atomic mass is 9.92. The van der Waals surface area contributed by atoms with Crippen LogP contribution in [0.5, 0.6) is 0 Å². The van der Waals surface area contributed by atoms with Crippen LogP contribution < -0.4 is 11.3 Å². The highest BCUT2D eigenvalue weighted by Gasteiger charge is 2.36. The molecule has 1 saturated heterocycles. The van der Waals surface area contributed by atoms with E-state index in [0.717, 1.165) is 44.6 Å². The number of guanidine groups is 1. The lowest BCUT2D eigenvalue weighted by Gasteiger charge is -2.39. The maximum atomic E-state index is 5.67. The number of hydrogen-bond donors (Lipinski definition) is 2. The number of piperidine rings is 1. The Hall–Kier alpha value is -0.810. The molecule has 5 heteroatoms. The van der Waals surface area contributed by atoms with E-state index < -0.39 is 0 Å². The second kappa shape index (κ2) is 7.70. The van der Waals surface area contributed by atoms with Gasteiger partial charge in [-0.25, -0.2) is 5.84 Å². The zero-order valence-electron chi connectivity index (χ0n) is 12.1. The van der Waals surface area contributed by atoms with Crippen molar-refractivity contribution in [1.29, 1.82) is 0 Å². The SMILES string of the molecule is CCOCCCN=C(NN)N1CCCC2CCCC21. The molecule has 1 heterocycles. The average molecular weight is 268 g/mol. The normalized spacial score (nSPS) is 27.5. The Morgan fingerprint density at radius 2 is 2.21 bits per heavy atom. The molecule has 19 heavy (non-hydrogen) atoms. The number of nitrogens with zero attached hydrogens (tertiary/aromatic N) is 2. The van der Waals surface area contributed by atoms with Gasteiger partial charge in [-0.05, 0) is 44.9 Å². The number of hydrazine groups is 1. The second-order valence-electron chi connectivity index (χ2n) is 5.49. The maximum absolute atomic E-state index is 5.67. The van der Waals surface area contributed by atoms with Crippen molar-refractivity contribution in [3.05, 3.63) is 0 Å². The van der Waals surface area contributed by atoms with Gasteiger partial charge in [-0.15, -0.1) is 0 Å². The minimum atomic E-state index is 0.662. The van der Waals surface area contributed by atoms with E-state index in [0.29, 0.717) is 6.04 Å². The predicted molar refractivity (Wildman–Crippen MR) is 77.8 cm³/mol. The lowest BCUT2D eigenvalue weighted by molar-refractivity contribution is 0.146. The summed E-state index contributed by atoms with van der Waals surface area (Å²) in [6.45, 7) is 5.46. The first-order valence-electron chi connectivity index (χ1n) is 7.72. The third-order valence-corrected chi connectivity index (χ3v) is 4.31. The van der Waals surface area contributed by atoms with E-state index in [9.17, 15) is 0 Å². The first-order valence-corrected chi connectivity index (χ1v) is 7.72. The van der Waals surface area contributed by atoms with Crippen molar-refractivity contribution in [2.75, 3.05) is 26.3 Å². The molecule has 0 spiro atoms. The minimum absolute atomic E-state index is 0.662. The van der Waals surface area contributed by atoms with E-state index in [-0.39, 0.29) is 0 Å². The molecule has 0 aromatic rings. The molecule has 2 unspecified atom stereocenters. The molecule has 0 radical (unpaired) electrons. The summed E-state index contributed by atoms with van der Waals surface area (Å²) < 4.78 is 5.33. The molecule has 0 aromatic carbocycles. The molecule has 0 amide bonds. The standard InChI is InChI=1S/C14H28N4O/c1-2-19-11-5-9-16-14(17-15)18-10-4-7-12-6-3-8-13(12)18/h12-13H,2-11,15H2,1H3,(H,16,17). The zero-order chi connectivity index (χ0) is 13.5. The van der Waals surface area contributed by atoms with Crippen molar-refractivity contribution in [1.82, 2.24) is 10.3 Å². The second-order valence-corrected chi connectivity index (χ2v) is 5.49. The average Bonchev–Trinajstić information content (AvgIpc) is 2.91. The van der Waals surface area contributed by atoms with Crippen LogP contribution in [0, 0.1) is 5.92 Å². The monoisotopic (exact) mass is 268 g/mol. The van der Waals surface area contributed by atoms with E-state index in [4.69, 9.17) is 10.6 Å². The van der Waals surface area contributed by atoms with Gasteiger partial charge in [0.15, 0.2) is 0 Å². The minimum Gasteiger partial charge on any atom is -0.382 e. The fourth-order valence-corrected chi connectivity index (χ4v) is 3.43. The Bertz CT molecular complexity index is 295. The highest BCUT2D eigenvalue weighted by Crippen LogP contribution is 2.36. The largest absolute Gasteiger partial charge is 0.382 e. The third kappa shape index (κ3) is 3.83. The Morgan fingerprint density at radius 3 is 3.00 bits per heavy atom. The number of fused-ring (bicyclic) bond motifs is 1. The van der Waals surface area contributed by atoms with Crippen molar-refractivity contribution in [2.45, 2.75) is 51.5 Å². The van der Waals surface area contributed by atoms with Crippen LogP contribution in [0.15, 0.2) is 4.99 Å². The Labute approximate surface area is 116 Å². The van der Waals surface area contributed by atoms with Crippen LogP contribution in [0.25, 0.3) is 0 Å². The summed E-state index contributed by atoms with van der Waals surface area (Å²) in [4.78, 5) is 7.03. The summed E-state index contributed by atoms with van der Waals surface area (Å²) in [6.07, 6.45) is 7.63. The van der Waals surface area contributed by atoms with Crippen LogP contribution in [0.2, 0.25) is 0 Å². The Morgan fingerprint density at radius 1 is 1.37 bits per heavy atom. The number of ether oxygens (including phenoxy) is 1. The molecular formula is C14H28N4O. The molecule has 2 aliphatic rings. The fraction of sp³-hybridized carbons (Fsp3) is 0.929. The molecule has 5 nitrogen and oxygen atoms in total. The summed E-state index contributed by atoms with van der Waals surface area (Å²) in [7, 11) is 0. The summed E-state index contributed by atoms with van der Waals surface area (Å²) >= 11 is 0. The van der Waals surface area contributed by atoms with Gasteiger partial charge in [0.1, 0.15) is 0 Å². The lowest BCUT2D eigenvalue weighted by Crippen LogP contribution is -2.53. The first-order chi connectivity index (χ1) is 9.36. The van der Waals surface area contributed by atoms with Gasteiger partial charge in [0.05, 0.1) is 0 Å². The van der Waals surface area contributed by atoms with Crippen LogP contribution in [0.1, 0.15) is 45.4 Å². The van der Waals surface area contributed by atoms with Gasteiger partial charge in [0, 0.05) is 32.3 Å². The van der Waals surface area contributed by atoms with E-state index in [1.165, 1.54) is 32.1 Å². The van der Waals surface area contributed by atoms with Gasteiger partial charge in [0.2, 0.25) is 5.96 Å². The van der Waals surface area contributed by atoms with E-state index >= 15 is 0 Å². The van der Waals surface area contributed by atoms with Crippen LogP contribution >= 0.6 is 0 Å². The zero-order valence-corrected chi connectivity index (χ0v) is 12.1. The van der Waals surface area contributed by atoms with Crippen molar-refractivity contribution < 1.29 is 4.74 Å². The predicted octanol–water partition coefficient (Wildman–Crippen LogP) is 1.50. The highest BCUT2D eigenvalue weighted by atomic mass is 16.5. The van der Waals surface area contributed by atoms with Gasteiger partial charge in [-0.1, -0.05) is 6.42 Å². The van der Waals surface area contributed by atoms with E-state index in [1.54, 1.807) is 0 Å². The fourth-order valence-electron chi connectivity index (χ4n) is 3.43. The molecular weight excluding hydrogens is 240 g/mol. The van der Waals surface area contributed by atoms with Crippen LogP contribution in [0.4, 0.5) is 0 Å². The number of nitrogens with one attached hydrogen (secondary N) is 1. The van der Waals surface area contributed by atoms with Crippen molar-refractivity contribution in [2.24, 2.45) is 16.8 Å². The number of rotatable bonds is 5. The molecule has 0 bridgehead atoms. The molecule has 1 saturated carbocycles. The van der Waals surface area contributed by atoms with Gasteiger partial charge >= 0.3 is 0 Å². The molecule has 0 aromatic heterocycles. The van der Waals surface area contributed by atoms with Crippen molar-refractivity contribution in [3.8, 4) is 0 Å². The van der Waals surface area contributed by atoms with Crippen LogP contribution in [-0.4, -0.2) is 43.2 Å². The highest BCUT2D eigenvalue weighted by molar-refractivity contribution is 5.79. The van der Waals surface area contributed by atoms with Crippen molar-refractivity contribution >= 4 is 5.96 Å². The van der Waals surface area contributed by atoms with Crippen LogP contribution in [0.3, 0.4) is 0 Å². The molecule has 3 N–H and O–H groups in total. The number of nitrogens with two attached hydrogens (primary N) is 1. The molecule has 2 fully saturated rings. The smallest absolute Gasteiger partial charge is 0.208 e. The van der Waals surface area contributed by atoms with Crippen LogP contribution in [-0.2, 0) is 4.74 Å². The molecule has 110 valence electrons. The molecule has 2 rings (SSSR count). The first kappa shape index (κ1) is 14.6. The van der Waals surface area contributed by atoms with Gasteiger partial charge < -0.3 is 9.64 Å². The molecule has 2 atom stereocenters. The number of likely N-dealkylation sites (tertiary alicyclic amines) is 1. The molecule has 1 aliphatic carbocycles. The summed E-state index contributed by atoms with van der Waals surface area (Å²) in [5.41, 5.74) is 2.81. The quantitative estimate of drug-likeness (QED) is 0.261. The third-order valence-electron chi connectivity index (χ3n) is 4.31. The van der Waals surface area contributed by atoms with E-state index in [2.05, 4.69) is 15.3 Å². The van der Waals surface area contributed by atoms with Gasteiger partial charge in [0.25, 0.3) is 0 Å². The topological polar surface area (TPSA) is 62.9 Å². The summed E-state index contributed by atoms with van der Waals surface area (Å²) in [5.74, 6) is 7.41. The Balaban J connectivity index is 1.86. The van der Waals surface area contributed by atoms with E-state index in [1.807, 2.05) is 6.92 Å². The van der Waals surface area contributed by atoms with Gasteiger partial charge in [-0.3, -0.25) is 10.4 Å². The number of hydrogen-bond acceptors (Lipinski definition) is 3. The summed E-state index contributed by atoms with van der Waals surface area (Å²) in [5, 5.41) is 0. The van der Waals surface area contributed by atoms with Crippen molar-refractivity contribution in [3.63, 3.8) is 0 Å². The number of aliphatic imine (C=N–C) groups is 1. The summed E-state index contributed by atoms with van der Waals surface area (Å²) in [6, 6.07) is 0.662. The van der Waals surface area contributed by atoms with Gasteiger partial charge in [-0.2, -0.15) is 0 Å². The maximum Gasteiger partial charge on any atom is 0.208 e. The Kier molecular flexibility index (Phi) is 5.92.